The number of rotatable bonds is 8. The van der Waals surface area contributed by atoms with Crippen molar-refractivity contribution in [3.63, 3.8) is 0 Å². The van der Waals surface area contributed by atoms with E-state index in [0.29, 0.717) is 19.3 Å². The van der Waals surface area contributed by atoms with Gasteiger partial charge in [0.25, 0.3) is 0 Å². The molecule has 1 aromatic carbocycles. The molecular weight excluding hydrogens is 457 g/mol. The van der Waals surface area contributed by atoms with Crippen molar-refractivity contribution in [3.8, 4) is 11.5 Å². The normalized spacial score (nSPS) is 15.4. The number of aliphatic imine (C=N–C) groups is 1. The Hall–Kier alpha value is -1.22. The van der Waals surface area contributed by atoms with Crippen LogP contribution in [0, 0.1) is 0 Å². The Balaban J connectivity index is 0.00000364. The van der Waals surface area contributed by atoms with Gasteiger partial charge in [0.05, 0.1) is 26.9 Å². The standard InChI is InChI=1S/C20H33N3O3.HI/c1-21-20(22-13-14-26-17-10-6-4-5-7-11-17)23-15-16-9-8-12-18(24-2)19(16)25-3;/h8-9,12,17H,4-7,10-11,13-15H2,1-3H3,(H2,21,22,23);1H. The quantitative estimate of drug-likeness (QED) is 0.191. The van der Waals surface area contributed by atoms with Crippen molar-refractivity contribution in [2.45, 2.75) is 51.2 Å². The molecule has 0 amide bonds. The van der Waals surface area contributed by atoms with Gasteiger partial charge in [-0.2, -0.15) is 0 Å². The molecular formula is C20H34IN3O3. The fourth-order valence-corrected chi connectivity index (χ4v) is 3.30. The lowest BCUT2D eigenvalue weighted by molar-refractivity contribution is 0.0468. The third kappa shape index (κ3) is 8.13. The van der Waals surface area contributed by atoms with Crippen LogP contribution in [0.2, 0.25) is 0 Å². The second-order valence-electron chi connectivity index (χ2n) is 6.49. The molecule has 0 heterocycles. The molecule has 2 N–H and O–H groups in total. The predicted molar refractivity (Wildman–Crippen MR) is 121 cm³/mol. The summed E-state index contributed by atoms with van der Waals surface area (Å²) in [6.45, 7) is 2.04. The van der Waals surface area contributed by atoms with E-state index in [1.807, 2.05) is 18.2 Å². The Morgan fingerprint density at radius 1 is 1.07 bits per heavy atom. The minimum Gasteiger partial charge on any atom is -0.493 e. The Kier molecular flexibility index (Phi) is 12.2. The van der Waals surface area contributed by atoms with Crippen LogP contribution in [-0.2, 0) is 11.3 Å². The second kappa shape index (κ2) is 13.9. The Bertz CT molecular complexity index is 561. The average molecular weight is 491 g/mol. The Labute approximate surface area is 180 Å². The van der Waals surface area contributed by atoms with Crippen molar-refractivity contribution in [3.05, 3.63) is 23.8 Å². The lowest BCUT2D eigenvalue weighted by Gasteiger charge is -2.17. The maximum absolute atomic E-state index is 6.01. The zero-order chi connectivity index (χ0) is 18.6. The van der Waals surface area contributed by atoms with Gasteiger partial charge in [-0.25, -0.2) is 0 Å². The summed E-state index contributed by atoms with van der Waals surface area (Å²) < 4.78 is 16.8. The molecule has 1 aliphatic carbocycles. The van der Waals surface area contributed by atoms with Crippen LogP contribution in [0.4, 0.5) is 0 Å². The number of methoxy groups -OCH3 is 2. The lowest BCUT2D eigenvalue weighted by Crippen LogP contribution is -2.39. The second-order valence-corrected chi connectivity index (χ2v) is 6.49. The number of nitrogens with one attached hydrogen (secondary N) is 2. The Morgan fingerprint density at radius 3 is 2.44 bits per heavy atom. The first-order chi connectivity index (χ1) is 12.8. The number of hydrogen-bond acceptors (Lipinski definition) is 4. The summed E-state index contributed by atoms with van der Waals surface area (Å²) in [4.78, 5) is 4.27. The highest BCUT2D eigenvalue weighted by Gasteiger charge is 2.12. The van der Waals surface area contributed by atoms with E-state index >= 15 is 0 Å². The molecule has 0 radical (unpaired) electrons. The average Bonchev–Trinajstić information content (AvgIpc) is 2.95. The number of benzene rings is 1. The van der Waals surface area contributed by atoms with Crippen molar-refractivity contribution in [1.29, 1.82) is 0 Å². The molecule has 0 unspecified atom stereocenters. The van der Waals surface area contributed by atoms with Crippen LogP contribution in [0.3, 0.4) is 0 Å². The number of hydrogen-bond donors (Lipinski definition) is 2. The lowest BCUT2D eigenvalue weighted by atomic mass is 10.1. The zero-order valence-electron chi connectivity index (χ0n) is 16.8. The van der Waals surface area contributed by atoms with Crippen molar-refractivity contribution in [2.24, 2.45) is 4.99 Å². The van der Waals surface area contributed by atoms with Gasteiger partial charge in [0, 0.05) is 25.7 Å². The highest BCUT2D eigenvalue weighted by Crippen LogP contribution is 2.30. The molecule has 27 heavy (non-hydrogen) atoms. The fourth-order valence-electron chi connectivity index (χ4n) is 3.30. The summed E-state index contributed by atoms with van der Waals surface area (Å²) in [5.74, 6) is 2.22. The van der Waals surface area contributed by atoms with Gasteiger partial charge in [0.2, 0.25) is 0 Å². The summed E-state index contributed by atoms with van der Waals surface area (Å²) in [5.41, 5.74) is 1.02. The van der Waals surface area contributed by atoms with E-state index in [0.717, 1.165) is 29.6 Å². The molecule has 6 nitrogen and oxygen atoms in total. The molecule has 0 spiro atoms. The number of para-hydroxylation sites is 1. The highest BCUT2D eigenvalue weighted by molar-refractivity contribution is 14.0. The van der Waals surface area contributed by atoms with Gasteiger partial charge >= 0.3 is 0 Å². The monoisotopic (exact) mass is 491 g/mol. The zero-order valence-corrected chi connectivity index (χ0v) is 19.1. The van der Waals surface area contributed by atoms with Crippen molar-refractivity contribution in [1.82, 2.24) is 10.6 Å². The molecule has 0 atom stereocenters. The van der Waals surface area contributed by atoms with Crippen LogP contribution in [0.25, 0.3) is 0 Å². The van der Waals surface area contributed by atoms with Crippen LogP contribution < -0.4 is 20.1 Å². The summed E-state index contributed by atoms with van der Waals surface area (Å²) in [5, 5.41) is 6.61. The number of nitrogens with zero attached hydrogens (tertiary/aromatic N) is 1. The van der Waals surface area contributed by atoms with E-state index in [4.69, 9.17) is 14.2 Å². The molecule has 154 valence electrons. The predicted octanol–water partition coefficient (Wildman–Crippen LogP) is 3.73. The topological polar surface area (TPSA) is 64.1 Å². The summed E-state index contributed by atoms with van der Waals surface area (Å²) in [6, 6.07) is 5.85. The third-order valence-corrected chi connectivity index (χ3v) is 4.70. The molecule has 0 bridgehead atoms. The highest BCUT2D eigenvalue weighted by atomic mass is 127. The molecule has 1 aromatic rings. The van der Waals surface area contributed by atoms with Crippen LogP contribution in [0.5, 0.6) is 11.5 Å². The molecule has 7 heteroatoms. The van der Waals surface area contributed by atoms with E-state index < -0.39 is 0 Å². The van der Waals surface area contributed by atoms with Gasteiger partial charge in [-0.1, -0.05) is 37.8 Å². The minimum absolute atomic E-state index is 0. The van der Waals surface area contributed by atoms with Crippen LogP contribution in [0.15, 0.2) is 23.2 Å². The first-order valence-corrected chi connectivity index (χ1v) is 9.54. The van der Waals surface area contributed by atoms with E-state index in [9.17, 15) is 0 Å². The molecule has 1 aliphatic rings. The summed E-state index contributed by atoms with van der Waals surface area (Å²) >= 11 is 0. The van der Waals surface area contributed by atoms with Gasteiger partial charge < -0.3 is 24.8 Å². The minimum atomic E-state index is 0. The van der Waals surface area contributed by atoms with Crippen LogP contribution in [-0.4, -0.2) is 46.5 Å². The van der Waals surface area contributed by atoms with Crippen LogP contribution in [0.1, 0.15) is 44.1 Å². The third-order valence-electron chi connectivity index (χ3n) is 4.70. The first-order valence-electron chi connectivity index (χ1n) is 9.54. The molecule has 0 aromatic heterocycles. The van der Waals surface area contributed by atoms with Gasteiger partial charge in [-0.3, -0.25) is 4.99 Å². The smallest absolute Gasteiger partial charge is 0.191 e. The van der Waals surface area contributed by atoms with Gasteiger partial charge in [-0.05, 0) is 18.9 Å². The van der Waals surface area contributed by atoms with Gasteiger partial charge in [0.15, 0.2) is 17.5 Å². The molecule has 2 rings (SSSR count). The van der Waals surface area contributed by atoms with Crippen molar-refractivity contribution >= 4 is 29.9 Å². The summed E-state index contributed by atoms with van der Waals surface area (Å²) in [6.07, 6.45) is 8.11. The number of guanidine groups is 1. The van der Waals surface area contributed by atoms with Crippen LogP contribution >= 0.6 is 24.0 Å². The molecule has 0 aliphatic heterocycles. The largest absolute Gasteiger partial charge is 0.493 e. The maximum atomic E-state index is 6.01. The number of ether oxygens (including phenoxy) is 3. The number of halogens is 1. The first kappa shape index (κ1) is 23.8. The molecule has 1 saturated carbocycles. The van der Waals surface area contributed by atoms with Crippen molar-refractivity contribution < 1.29 is 14.2 Å². The fraction of sp³-hybridized carbons (Fsp3) is 0.650. The SMILES string of the molecule is CN=C(NCCOC1CCCCCC1)NCc1cccc(OC)c1OC.I. The van der Waals surface area contributed by atoms with Gasteiger partial charge in [0.1, 0.15) is 0 Å². The molecule has 1 fully saturated rings. The van der Waals surface area contributed by atoms with E-state index in [2.05, 4.69) is 15.6 Å². The van der Waals surface area contributed by atoms with Crippen molar-refractivity contribution in [2.75, 3.05) is 34.4 Å². The van der Waals surface area contributed by atoms with E-state index in [1.165, 1.54) is 38.5 Å². The molecule has 0 saturated heterocycles. The maximum Gasteiger partial charge on any atom is 0.191 e. The van der Waals surface area contributed by atoms with E-state index in [1.54, 1.807) is 21.3 Å². The Morgan fingerprint density at radius 2 is 1.81 bits per heavy atom. The van der Waals surface area contributed by atoms with E-state index in [-0.39, 0.29) is 24.0 Å². The summed E-state index contributed by atoms with van der Waals surface area (Å²) in [7, 11) is 5.06. The van der Waals surface area contributed by atoms with Gasteiger partial charge in [-0.15, -0.1) is 24.0 Å².